The number of carbonyl (C=O) groups excluding carboxylic acids is 1. The van der Waals surface area contributed by atoms with E-state index in [-0.39, 0.29) is 5.78 Å². The molecule has 4 heteroatoms. The molecule has 0 amide bonds. The van der Waals surface area contributed by atoms with Crippen LogP contribution in [0.3, 0.4) is 0 Å². The SMILES string of the molecule is CC(C)CCOc1ccc(C(=O)/C=C\c2ncc[nH]2)cc1. The third-order valence-corrected chi connectivity index (χ3v) is 3.01. The molecule has 0 saturated carbocycles. The summed E-state index contributed by atoms with van der Waals surface area (Å²) in [6.07, 6.45) is 7.55. The van der Waals surface area contributed by atoms with Crippen LogP contribution in [0, 0.1) is 5.92 Å². The van der Waals surface area contributed by atoms with Crippen molar-refractivity contribution in [1.82, 2.24) is 9.97 Å². The van der Waals surface area contributed by atoms with Crippen molar-refractivity contribution in [3.05, 3.63) is 54.1 Å². The lowest BCUT2D eigenvalue weighted by Crippen LogP contribution is -2.01. The highest BCUT2D eigenvalue weighted by atomic mass is 16.5. The first-order chi connectivity index (χ1) is 10.1. The summed E-state index contributed by atoms with van der Waals surface area (Å²) in [5, 5.41) is 0. The van der Waals surface area contributed by atoms with Crippen molar-refractivity contribution >= 4 is 11.9 Å². The number of ketones is 1. The maximum Gasteiger partial charge on any atom is 0.185 e. The molecule has 0 aliphatic heterocycles. The summed E-state index contributed by atoms with van der Waals surface area (Å²) in [7, 11) is 0. The largest absolute Gasteiger partial charge is 0.494 e. The fourth-order valence-electron chi connectivity index (χ4n) is 1.75. The van der Waals surface area contributed by atoms with Crippen molar-refractivity contribution < 1.29 is 9.53 Å². The van der Waals surface area contributed by atoms with Gasteiger partial charge >= 0.3 is 0 Å². The summed E-state index contributed by atoms with van der Waals surface area (Å²) >= 11 is 0. The van der Waals surface area contributed by atoms with E-state index in [0.717, 1.165) is 12.2 Å². The average Bonchev–Trinajstić information content (AvgIpc) is 2.98. The van der Waals surface area contributed by atoms with Crippen molar-refractivity contribution in [2.75, 3.05) is 6.61 Å². The van der Waals surface area contributed by atoms with Gasteiger partial charge < -0.3 is 9.72 Å². The number of benzene rings is 1. The molecule has 0 fully saturated rings. The minimum Gasteiger partial charge on any atom is -0.494 e. The summed E-state index contributed by atoms with van der Waals surface area (Å²) in [6, 6.07) is 7.21. The fourth-order valence-corrected chi connectivity index (χ4v) is 1.75. The molecule has 0 aliphatic carbocycles. The van der Waals surface area contributed by atoms with E-state index in [4.69, 9.17) is 4.74 Å². The zero-order valence-corrected chi connectivity index (χ0v) is 12.4. The lowest BCUT2D eigenvalue weighted by Gasteiger charge is -2.08. The van der Waals surface area contributed by atoms with Crippen molar-refractivity contribution in [2.45, 2.75) is 20.3 Å². The van der Waals surface area contributed by atoms with Crippen LogP contribution in [0.5, 0.6) is 5.75 Å². The van der Waals surface area contributed by atoms with Gasteiger partial charge in [0.15, 0.2) is 5.78 Å². The van der Waals surface area contributed by atoms with Crippen LogP contribution in [0.25, 0.3) is 6.08 Å². The van der Waals surface area contributed by atoms with Gasteiger partial charge in [-0.15, -0.1) is 0 Å². The van der Waals surface area contributed by atoms with Crippen LogP contribution in [-0.4, -0.2) is 22.4 Å². The zero-order chi connectivity index (χ0) is 15.1. The molecule has 21 heavy (non-hydrogen) atoms. The highest BCUT2D eigenvalue weighted by Gasteiger charge is 2.03. The number of imidazole rings is 1. The van der Waals surface area contributed by atoms with E-state index in [1.807, 2.05) is 12.1 Å². The standard InChI is InChI=1S/C17H20N2O2/c1-13(2)9-12-21-15-5-3-14(4-6-15)16(20)7-8-17-18-10-11-19-17/h3-8,10-11,13H,9,12H2,1-2H3,(H,18,19)/b8-7-. The molecular weight excluding hydrogens is 264 g/mol. The van der Waals surface area contributed by atoms with Gasteiger partial charge in [-0.3, -0.25) is 4.79 Å². The molecular formula is C17H20N2O2. The van der Waals surface area contributed by atoms with Crippen LogP contribution >= 0.6 is 0 Å². The Labute approximate surface area is 124 Å². The number of rotatable bonds is 7. The topological polar surface area (TPSA) is 55.0 Å². The molecule has 0 radical (unpaired) electrons. The van der Waals surface area contributed by atoms with Gasteiger partial charge in [0.1, 0.15) is 11.6 Å². The third-order valence-electron chi connectivity index (χ3n) is 3.01. The van der Waals surface area contributed by atoms with Crippen LogP contribution in [0.15, 0.2) is 42.7 Å². The maximum atomic E-state index is 12.0. The quantitative estimate of drug-likeness (QED) is 0.622. The molecule has 0 bridgehead atoms. The monoisotopic (exact) mass is 284 g/mol. The second-order valence-electron chi connectivity index (χ2n) is 5.23. The number of aromatic nitrogens is 2. The van der Waals surface area contributed by atoms with E-state index >= 15 is 0 Å². The Hall–Kier alpha value is -2.36. The van der Waals surface area contributed by atoms with E-state index in [2.05, 4.69) is 23.8 Å². The normalized spacial score (nSPS) is 11.2. The predicted octanol–water partition coefficient (Wildman–Crippen LogP) is 3.73. The summed E-state index contributed by atoms with van der Waals surface area (Å²) in [4.78, 5) is 18.9. The summed E-state index contributed by atoms with van der Waals surface area (Å²) in [5.41, 5.74) is 0.633. The summed E-state index contributed by atoms with van der Waals surface area (Å²) < 4.78 is 5.63. The number of hydrogen-bond donors (Lipinski definition) is 1. The number of nitrogens with one attached hydrogen (secondary N) is 1. The van der Waals surface area contributed by atoms with Gasteiger partial charge in [0.2, 0.25) is 0 Å². The van der Waals surface area contributed by atoms with Gasteiger partial charge in [0, 0.05) is 18.0 Å². The van der Waals surface area contributed by atoms with E-state index in [0.29, 0.717) is 23.9 Å². The van der Waals surface area contributed by atoms with Gasteiger partial charge in [-0.05, 0) is 48.8 Å². The molecule has 1 heterocycles. The van der Waals surface area contributed by atoms with E-state index in [9.17, 15) is 4.79 Å². The average molecular weight is 284 g/mol. The Morgan fingerprint density at radius 1 is 1.33 bits per heavy atom. The molecule has 4 nitrogen and oxygen atoms in total. The fraction of sp³-hybridized carbons (Fsp3) is 0.294. The molecule has 1 N–H and O–H groups in total. The minimum absolute atomic E-state index is 0.0554. The first-order valence-electron chi connectivity index (χ1n) is 7.10. The van der Waals surface area contributed by atoms with Crippen LogP contribution < -0.4 is 4.74 Å². The molecule has 0 atom stereocenters. The summed E-state index contributed by atoms with van der Waals surface area (Å²) in [5.74, 6) is 2.02. The van der Waals surface area contributed by atoms with Crippen LogP contribution in [0.4, 0.5) is 0 Å². The number of allylic oxidation sites excluding steroid dienone is 1. The van der Waals surface area contributed by atoms with Crippen LogP contribution in [-0.2, 0) is 0 Å². The Morgan fingerprint density at radius 3 is 2.71 bits per heavy atom. The highest BCUT2D eigenvalue weighted by Crippen LogP contribution is 2.14. The second-order valence-corrected chi connectivity index (χ2v) is 5.23. The number of carbonyl (C=O) groups is 1. The minimum atomic E-state index is -0.0554. The molecule has 0 unspecified atom stereocenters. The van der Waals surface area contributed by atoms with Crippen molar-refractivity contribution in [3.63, 3.8) is 0 Å². The lowest BCUT2D eigenvalue weighted by molar-refractivity contribution is 0.104. The van der Waals surface area contributed by atoms with Crippen molar-refractivity contribution in [1.29, 1.82) is 0 Å². The second kappa shape index (κ2) is 7.43. The van der Waals surface area contributed by atoms with Gasteiger partial charge in [-0.1, -0.05) is 13.8 Å². The van der Waals surface area contributed by atoms with Gasteiger partial charge in [-0.2, -0.15) is 0 Å². The molecule has 0 aliphatic rings. The molecule has 110 valence electrons. The van der Waals surface area contributed by atoms with Gasteiger partial charge in [-0.25, -0.2) is 4.98 Å². The van der Waals surface area contributed by atoms with E-state index in [1.54, 1.807) is 30.6 Å². The number of nitrogens with zero attached hydrogens (tertiary/aromatic N) is 1. The Morgan fingerprint density at radius 2 is 2.10 bits per heavy atom. The number of ether oxygens (including phenoxy) is 1. The van der Waals surface area contributed by atoms with Crippen molar-refractivity contribution in [2.24, 2.45) is 5.92 Å². The first kappa shape index (κ1) is 15.0. The maximum absolute atomic E-state index is 12.0. The molecule has 0 spiro atoms. The zero-order valence-electron chi connectivity index (χ0n) is 12.4. The molecule has 1 aromatic carbocycles. The van der Waals surface area contributed by atoms with Crippen LogP contribution in [0.1, 0.15) is 36.5 Å². The number of hydrogen-bond acceptors (Lipinski definition) is 3. The van der Waals surface area contributed by atoms with Crippen molar-refractivity contribution in [3.8, 4) is 5.75 Å². The smallest absolute Gasteiger partial charge is 0.185 e. The van der Waals surface area contributed by atoms with Crippen LogP contribution in [0.2, 0.25) is 0 Å². The van der Waals surface area contributed by atoms with Gasteiger partial charge in [0.05, 0.1) is 6.61 Å². The van der Waals surface area contributed by atoms with E-state index in [1.165, 1.54) is 6.08 Å². The molecule has 0 saturated heterocycles. The summed E-state index contributed by atoms with van der Waals surface area (Å²) in [6.45, 7) is 5.02. The number of aromatic amines is 1. The Balaban J connectivity index is 1.90. The van der Waals surface area contributed by atoms with E-state index < -0.39 is 0 Å². The molecule has 2 aromatic rings. The number of H-pyrrole nitrogens is 1. The Bertz CT molecular complexity index is 584. The third kappa shape index (κ3) is 4.91. The Kier molecular flexibility index (Phi) is 5.32. The van der Waals surface area contributed by atoms with Gasteiger partial charge in [0.25, 0.3) is 0 Å². The predicted molar refractivity (Wildman–Crippen MR) is 83.3 cm³/mol. The highest BCUT2D eigenvalue weighted by molar-refractivity contribution is 6.06. The molecule has 1 aromatic heterocycles. The lowest BCUT2D eigenvalue weighted by atomic mass is 10.1. The molecule has 2 rings (SSSR count). The first-order valence-corrected chi connectivity index (χ1v) is 7.10.